The average Bonchev–Trinajstić information content (AvgIpc) is 2.36. The van der Waals surface area contributed by atoms with Crippen molar-refractivity contribution in [3.05, 3.63) is 35.4 Å². The van der Waals surface area contributed by atoms with E-state index in [0.717, 1.165) is 24.5 Å². The molecule has 0 saturated heterocycles. The second-order valence-electron chi connectivity index (χ2n) is 4.17. The highest BCUT2D eigenvalue weighted by atomic mass is 32.2. The molecule has 1 aromatic carbocycles. The van der Waals surface area contributed by atoms with Gasteiger partial charge in [-0.3, -0.25) is 0 Å². The van der Waals surface area contributed by atoms with Crippen molar-refractivity contribution in [2.75, 3.05) is 25.2 Å². The summed E-state index contributed by atoms with van der Waals surface area (Å²) in [6.07, 6.45) is 2.34. The fourth-order valence-electron chi connectivity index (χ4n) is 1.67. The lowest BCUT2D eigenvalue weighted by molar-refractivity contribution is 0.218. The largest absolute Gasteiger partial charge is 0.384 e. The second-order valence-corrected chi connectivity index (χ2v) is 5.32. The maximum Gasteiger partial charge on any atom is 0.0552 e. The van der Waals surface area contributed by atoms with E-state index in [0.29, 0.717) is 0 Å². The highest BCUT2D eigenvalue weighted by Gasteiger charge is 2.05. The molecule has 1 unspecified atom stereocenters. The van der Waals surface area contributed by atoms with E-state index in [1.165, 1.54) is 17.5 Å². The van der Waals surface area contributed by atoms with Gasteiger partial charge >= 0.3 is 0 Å². The van der Waals surface area contributed by atoms with Gasteiger partial charge in [0.2, 0.25) is 0 Å². The van der Waals surface area contributed by atoms with E-state index in [1.54, 1.807) is 7.11 Å². The van der Waals surface area contributed by atoms with Gasteiger partial charge in [-0.25, -0.2) is 0 Å². The molecule has 3 heteroatoms. The van der Waals surface area contributed by atoms with Gasteiger partial charge in [0.05, 0.1) is 6.61 Å². The average molecular weight is 253 g/mol. The maximum atomic E-state index is 6.14. The summed E-state index contributed by atoms with van der Waals surface area (Å²) in [4.78, 5) is 0. The number of methoxy groups -OCH3 is 1. The van der Waals surface area contributed by atoms with Crippen LogP contribution in [0.2, 0.25) is 0 Å². The van der Waals surface area contributed by atoms with Gasteiger partial charge in [-0.05, 0) is 17.5 Å². The van der Waals surface area contributed by atoms with E-state index in [4.69, 9.17) is 10.5 Å². The Morgan fingerprint density at radius 2 is 2.00 bits per heavy atom. The number of ether oxygens (including phenoxy) is 1. The first-order valence-electron chi connectivity index (χ1n) is 6.19. The fourth-order valence-corrected chi connectivity index (χ4v) is 2.57. The van der Waals surface area contributed by atoms with Crippen molar-refractivity contribution >= 4 is 11.8 Å². The van der Waals surface area contributed by atoms with Gasteiger partial charge in [-0.1, -0.05) is 37.6 Å². The molecule has 0 fully saturated rings. The van der Waals surface area contributed by atoms with Crippen molar-refractivity contribution in [1.82, 2.24) is 0 Å². The van der Waals surface area contributed by atoms with E-state index in [9.17, 15) is 0 Å². The molecule has 0 spiro atoms. The van der Waals surface area contributed by atoms with E-state index >= 15 is 0 Å². The highest BCUT2D eigenvalue weighted by molar-refractivity contribution is 7.99. The molecule has 0 heterocycles. The number of thioether (sulfide) groups is 1. The molecule has 2 N–H and O–H groups in total. The Balaban J connectivity index is 2.37. The second kappa shape index (κ2) is 8.56. The minimum absolute atomic E-state index is 0.132. The van der Waals surface area contributed by atoms with Gasteiger partial charge in [-0.15, -0.1) is 0 Å². The summed E-state index contributed by atoms with van der Waals surface area (Å²) >= 11 is 1.85. The van der Waals surface area contributed by atoms with E-state index in [-0.39, 0.29) is 6.04 Å². The Hall–Kier alpha value is -0.510. The van der Waals surface area contributed by atoms with Crippen molar-refractivity contribution in [1.29, 1.82) is 0 Å². The first-order valence-corrected chi connectivity index (χ1v) is 7.34. The molecule has 1 rings (SSSR count). The number of hydrogen-bond donors (Lipinski definition) is 1. The summed E-state index contributed by atoms with van der Waals surface area (Å²) in [7, 11) is 1.73. The van der Waals surface area contributed by atoms with Gasteiger partial charge in [0.25, 0.3) is 0 Å². The van der Waals surface area contributed by atoms with Crippen molar-refractivity contribution < 1.29 is 4.74 Å². The zero-order valence-electron chi connectivity index (χ0n) is 10.8. The Morgan fingerprint density at radius 3 is 2.59 bits per heavy atom. The smallest absolute Gasteiger partial charge is 0.0552 e. The van der Waals surface area contributed by atoms with Crippen LogP contribution < -0.4 is 5.73 Å². The lowest BCUT2D eigenvalue weighted by atomic mass is 10.0. The first-order chi connectivity index (χ1) is 8.27. The van der Waals surface area contributed by atoms with Crippen LogP contribution >= 0.6 is 11.8 Å². The van der Waals surface area contributed by atoms with Crippen LogP contribution in [-0.2, 0) is 11.2 Å². The van der Waals surface area contributed by atoms with Crippen LogP contribution in [0.5, 0.6) is 0 Å². The zero-order valence-corrected chi connectivity index (χ0v) is 11.6. The standard InChI is InChI=1S/C14H23NOS/c1-3-4-12-5-7-13(8-6-12)14(15)11-17-10-9-16-2/h5-8,14H,3-4,9-11,15H2,1-2H3. The van der Waals surface area contributed by atoms with E-state index in [1.807, 2.05) is 11.8 Å². The van der Waals surface area contributed by atoms with Gasteiger partial charge in [0.1, 0.15) is 0 Å². The van der Waals surface area contributed by atoms with Crippen LogP contribution in [-0.4, -0.2) is 25.2 Å². The van der Waals surface area contributed by atoms with Crippen LogP contribution in [0.4, 0.5) is 0 Å². The molecule has 0 amide bonds. The summed E-state index contributed by atoms with van der Waals surface area (Å²) < 4.78 is 5.01. The van der Waals surface area contributed by atoms with Gasteiger partial charge in [0.15, 0.2) is 0 Å². The van der Waals surface area contributed by atoms with Crippen molar-refractivity contribution in [3.63, 3.8) is 0 Å². The molecular weight excluding hydrogens is 230 g/mol. The monoisotopic (exact) mass is 253 g/mol. The van der Waals surface area contributed by atoms with Crippen molar-refractivity contribution in [2.24, 2.45) is 5.73 Å². The molecule has 96 valence electrons. The third-order valence-electron chi connectivity index (χ3n) is 2.68. The molecule has 0 saturated carbocycles. The SMILES string of the molecule is CCCc1ccc(C(N)CSCCOC)cc1. The van der Waals surface area contributed by atoms with Gasteiger partial charge in [0, 0.05) is 24.7 Å². The minimum atomic E-state index is 0.132. The van der Waals surface area contributed by atoms with Crippen LogP contribution in [0, 0.1) is 0 Å². The van der Waals surface area contributed by atoms with Crippen LogP contribution in [0.15, 0.2) is 24.3 Å². The summed E-state index contributed by atoms with van der Waals surface area (Å²) in [6, 6.07) is 8.84. The third-order valence-corrected chi connectivity index (χ3v) is 3.73. The molecule has 0 aliphatic rings. The lowest BCUT2D eigenvalue weighted by Gasteiger charge is -2.12. The molecule has 0 aliphatic carbocycles. The number of nitrogens with two attached hydrogens (primary N) is 1. The predicted molar refractivity (Wildman–Crippen MR) is 76.6 cm³/mol. The van der Waals surface area contributed by atoms with E-state index < -0.39 is 0 Å². The Kier molecular flexibility index (Phi) is 7.33. The minimum Gasteiger partial charge on any atom is -0.384 e. The molecule has 0 bridgehead atoms. The predicted octanol–water partition coefficient (Wildman–Crippen LogP) is 3.02. The molecule has 1 aromatic rings. The first kappa shape index (κ1) is 14.6. The van der Waals surface area contributed by atoms with E-state index in [2.05, 4.69) is 31.2 Å². The summed E-state index contributed by atoms with van der Waals surface area (Å²) in [5, 5.41) is 0. The molecule has 17 heavy (non-hydrogen) atoms. The molecule has 0 radical (unpaired) electrons. The molecule has 1 atom stereocenters. The van der Waals surface area contributed by atoms with Gasteiger partial charge in [-0.2, -0.15) is 11.8 Å². The summed E-state index contributed by atoms with van der Waals surface area (Å²) in [6.45, 7) is 3.00. The topological polar surface area (TPSA) is 35.2 Å². The fraction of sp³-hybridized carbons (Fsp3) is 0.571. The zero-order chi connectivity index (χ0) is 12.5. The van der Waals surface area contributed by atoms with Crippen LogP contribution in [0.3, 0.4) is 0 Å². The molecule has 0 aromatic heterocycles. The Bertz CT molecular complexity index is 300. The van der Waals surface area contributed by atoms with Crippen molar-refractivity contribution in [2.45, 2.75) is 25.8 Å². The summed E-state index contributed by atoms with van der Waals surface area (Å²) in [5.74, 6) is 1.97. The lowest BCUT2D eigenvalue weighted by Crippen LogP contribution is -2.13. The number of hydrogen-bond acceptors (Lipinski definition) is 3. The molecule has 0 aliphatic heterocycles. The van der Waals surface area contributed by atoms with Crippen LogP contribution in [0.1, 0.15) is 30.5 Å². The number of benzene rings is 1. The van der Waals surface area contributed by atoms with Crippen LogP contribution in [0.25, 0.3) is 0 Å². The Morgan fingerprint density at radius 1 is 1.29 bits per heavy atom. The highest BCUT2D eigenvalue weighted by Crippen LogP contribution is 2.17. The molecular formula is C14H23NOS. The number of aryl methyl sites for hydroxylation is 1. The number of rotatable bonds is 8. The van der Waals surface area contributed by atoms with Crippen molar-refractivity contribution in [3.8, 4) is 0 Å². The van der Waals surface area contributed by atoms with Gasteiger partial charge < -0.3 is 10.5 Å². The third kappa shape index (κ3) is 5.57. The Labute approximate surface area is 109 Å². The quantitative estimate of drug-likeness (QED) is 0.723. The molecule has 2 nitrogen and oxygen atoms in total. The summed E-state index contributed by atoms with van der Waals surface area (Å²) in [5.41, 5.74) is 8.77. The normalized spacial score (nSPS) is 12.6. The maximum absolute atomic E-state index is 6.14.